The highest BCUT2D eigenvalue weighted by atomic mass is 16.6. The molecule has 0 bridgehead atoms. The smallest absolute Gasteiger partial charge is 0.416 e. The molecule has 5 nitrogen and oxygen atoms in total. The van der Waals surface area contributed by atoms with Crippen LogP contribution in [0, 0.1) is 5.92 Å². The Morgan fingerprint density at radius 2 is 1.96 bits per heavy atom. The van der Waals surface area contributed by atoms with E-state index in [0.717, 1.165) is 32.4 Å². The lowest BCUT2D eigenvalue weighted by Crippen LogP contribution is -2.47. The van der Waals surface area contributed by atoms with Gasteiger partial charge in [-0.2, -0.15) is 0 Å². The Kier molecular flexibility index (Phi) is 6.64. The van der Waals surface area contributed by atoms with Crippen molar-refractivity contribution < 1.29 is 9.53 Å². The van der Waals surface area contributed by atoms with Gasteiger partial charge >= 0.3 is 6.09 Å². The van der Waals surface area contributed by atoms with E-state index in [9.17, 15) is 4.79 Å². The second-order valence-corrected chi connectivity index (χ2v) is 9.79. The Morgan fingerprint density at radius 3 is 2.50 bits per heavy atom. The highest BCUT2D eigenvalue weighted by Crippen LogP contribution is 2.34. The van der Waals surface area contributed by atoms with E-state index in [1.807, 2.05) is 33.0 Å². The zero-order valence-electron chi connectivity index (χ0n) is 18.3. The van der Waals surface area contributed by atoms with Crippen LogP contribution in [0.5, 0.6) is 0 Å². The molecule has 2 heterocycles. The average Bonchev–Trinajstić information content (AvgIpc) is 2.56. The molecule has 2 fully saturated rings. The molecular weight excluding hydrogens is 350 g/mol. The summed E-state index contributed by atoms with van der Waals surface area (Å²) in [4.78, 5) is 21.9. The third kappa shape index (κ3) is 5.25. The first-order valence-corrected chi connectivity index (χ1v) is 11.0. The topological polar surface area (TPSA) is 45.7 Å². The maximum absolute atomic E-state index is 12.8. The summed E-state index contributed by atoms with van der Waals surface area (Å²) in [5.41, 5.74) is 0.764. The first-order chi connectivity index (χ1) is 13.2. The van der Waals surface area contributed by atoms with Gasteiger partial charge in [-0.15, -0.1) is 0 Å². The molecule has 1 aromatic heterocycles. The summed E-state index contributed by atoms with van der Waals surface area (Å²) in [5, 5.41) is 0. The van der Waals surface area contributed by atoms with Gasteiger partial charge in [0.25, 0.3) is 0 Å². The molecule has 1 aliphatic carbocycles. The van der Waals surface area contributed by atoms with Crippen LogP contribution in [0.25, 0.3) is 0 Å². The van der Waals surface area contributed by atoms with Gasteiger partial charge in [-0.05, 0) is 77.0 Å². The van der Waals surface area contributed by atoms with Gasteiger partial charge in [-0.1, -0.05) is 26.3 Å². The highest BCUT2D eigenvalue weighted by Gasteiger charge is 2.34. The maximum Gasteiger partial charge on any atom is 0.416 e. The zero-order chi connectivity index (χ0) is 20.3. The van der Waals surface area contributed by atoms with E-state index in [0.29, 0.717) is 17.8 Å². The lowest BCUT2D eigenvalue weighted by atomic mass is 9.91. The number of hydrogen-bond donors (Lipinski definition) is 0. The normalized spacial score (nSPS) is 21.4. The summed E-state index contributed by atoms with van der Waals surface area (Å²) in [6, 6.07) is 4.83. The first kappa shape index (κ1) is 21.1. The number of carbonyl (C=O) groups excluding carboxylic acids is 1. The number of nitrogens with zero attached hydrogens (tertiary/aromatic N) is 3. The number of hydrogen-bond acceptors (Lipinski definition) is 4. The molecule has 0 unspecified atom stereocenters. The number of piperidine rings is 1. The molecule has 0 aromatic carbocycles. The van der Waals surface area contributed by atoms with Crippen molar-refractivity contribution in [2.75, 3.05) is 18.0 Å². The maximum atomic E-state index is 12.8. The molecule has 1 saturated carbocycles. The lowest BCUT2D eigenvalue weighted by Gasteiger charge is -2.38. The molecule has 0 radical (unpaired) electrons. The fraction of sp³-hybridized carbons (Fsp3) is 0.739. The van der Waals surface area contributed by atoms with Crippen LogP contribution in [-0.2, 0) is 4.74 Å². The fourth-order valence-corrected chi connectivity index (χ4v) is 4.18. The van der Waals surface area contributed by atoms with Crippen molar-refractivity contribution in [3.63, 3.8) is 0 Å². The number of aromatic nitrogens is 1. The van der Waals surface area contributed by atoms with Crippen molar-refractivity contribution in [3.8, 4) is 0 Å². The Bertz CT molecular complexity index is 647. The van der Waals surface area contributed by atoms with Crippen LogP contribution in [-0.4, -0.2) is 40.7 Å². The van der Waals surface area contributed by atoms with E-state index < -0.39 is 5.60 Å². The van der Waals surface area contributed by atoms with E-state index >= 15 is 0 Å². The van der Waals surface area contributed by atoms with Crippen LogP contribution in [0.2, 0.25) is 0 Å². The minimum Gasteiger partial charge on any atom is -0.443 e. The van der Waals surface area contributed by atoms with Crippen LogP contribution in [0.1, 0.15) is 84.7 Å². The molecular formula is C23H37N3O2. The average molecular weight is 388 g/mol. The molecule has 3 rings (SSSR count). The molecule has 5 heteroatoms. The molecule has 0 spiro atoms. The quantitative estimate of drug-likeness (QED) is 0.664. The number of carbonyl (C=O) groups is 1. The van der Waals surface area contributed by atoms with E-state index in [2.05, 4.69) is 24.8 Å². The second-order valence-electron chi connectivity index (χ2n) is 9.79. The van der Waals surface area contributed by atoms with Crippen LogP contribution < -0.4 is 4.90 Å². The standard InChI is InChI=1S/C23H37N3O2/c1-17(2)16-25-14-7-6-11-20(25)18-12-13-21(24-15-18)26(19-9-8-10-19)22(27)28-23(3,4)5/h12-13,15,17,19-20H,6-11,14,16H2,1-5H3/t20-/m0/s1. The van der Waals surface area contributed by atoms with E-state index in [1.54, 1.807) is 4.90 Å². The Balaban J connectivity index is 1.77. The summed E-state index contributed by atoms with van der Waals surface area (Å²) >= 11 is 0. The Hall–Kier alpha value is -1.62. The molecule has 156 valence electrons. The van der Waals surface area contributed by atoms with E-state index in [-0.39, 0.29) is 12.1 Å². The molecule has 28 heavy (non-hydrogen) atoms. The summed E-state index contributed by atoms with van der Waals surface area (Å²) in [6.45, 7) is 12.6. The van der Waals surface area contributed by atoms with Gasteiger partial charge in [0.15, 0.2) is 0 Å². The molecule has 1 atom stereocenters. The highest BCUT2D eigenvalue weighted by molar-refractivity contribution is 5.87. The monoisotopic (exact) mass is 387 g/mol. The number of likely N-dealkylation sites (tertiary alicyclic amines) is 1. The number of amides is 1. The van der Waals surface area contributed by atoms with Crippen molar-refractivity contribution in [2.24, 2.45) is 5.92 Å². The third-order valence-electron chi connectivity index (χ3n) is 5.65. The molecule has 1 aromatic rings. The van der Waals surface area contributed by atoms with Crippen LogP contribution in [0.4, 0.5) is 10.6 Å². The van der Waals surface area contributed by atoms with Crippen molar-refractivity contribution in [1.82, 2.24) is 9.88 Å². The summed E-state index contributed by atoms with van der Waals surface area (Å²) in [5.74, 6) is 1.38. The van der Waals surface area contributed by atoms with Gasteiger partial charge in [0, 0.05) is 24.8 Å². The van der Waals surface area contributed by atoms with Crippen LogP contribution >= 0.6 is 0 Å². The van der Waals surface area contributed by atoms with Crippen molar-refractivity contribution >= 4 is 11.9 Å². The number of ether oxygens (including phenoxy) is 1. The largest absolute Gasteiger partial charge is 0.443 e. The minimum atomic E-state index is -0.502. The predicted molar refractivity (Wildman–Crippen MR) is 114 cm³/mol. The van der Waals surface area contributed by atoms with Gasteiger partial charge < -0.3 is 4.74 Å². The van der Waals surface area contributed by atoms with Gasteiger partial charge in [-0.3, -0.25) is 9.80 Å². The Morgan fingerprint density at radius 1 is 1.21 bits per heavy atom. The van der Waals surface area contributed by atoms with Gasteiger partial charge in [-0.25, -0.2) is 9.78 Å². The number of pyridine rings is 1. The third-order valence-corrected chi connectivity index (χ3v) is 5.65. The van der Waals surface area contributed by atoms with Crippen LogP contribution in [0.3, 0.4) is 0 Å². The SMILES string of the molecule is CC(C)CN1CCCC[C@H]1c1ccc(N(C(=O)OC(C)(C)C)C2CCC2)nc1. The zero-order valence-corrected chi connectivity index (χ0v) is 18.3. The second kappa shape index (κ2) is 8.81. The summed E-state index contributed by atoms with van der Waals surface area (Å²) in [7, 11) is 0. The molecule has 1 aliphatic heterocycles. The molecule has 1 amide bonds. The molecule has 2 aliphatic rings. The van der Waals surface area contributed by atoms with Crippen molar-refractivity contribution in [1.29, 1.82) is 0 Å². The van der Waals surface area contributed by atoms with Gasteiger partial charge in [0.2, 0.25) is 0 Å². The minimum absolute atomic E-state index is 0.209. The van der Waals surface area contributed by atoms with Crippen molar-refractivity contribution in [3.05, 3.63) is 23.9 Å². The number of rotatable bonds is 5. The first-order valence-electron chi connectivity index (χ1n) is 11.0. The van der Waals surface area contributed by atoms with E-state index in [4.69, 9.17) is 9.72 Å². The summed E-state index contributed by atoms with van der Waals surface area (Å²) < 4.78 is 5.66. The fourth-order valence-electron chi connectivity index (χ4n) is 4.18. The van der Waals surface area contributed by atoms with E-state index in [1.165, 1.54) is 24.8 Å². The Labute approximate surface area is 170 Å². The lowest BCUT2D eigenvalue weighted by molar-refractivity contribution is 0.0548. The van der Waals surface area contributed by atoms with Gasteiger partial charge in [0.05, 0.1) is 0 Å². The van der Waals surface area contributed by atoms with Crippen LogP contribution in [0.15, 0.2) is 18.3 Å². The molecule has 1 saturated heterocycles. The predicted octanol–water partition coefficient (Wildman–Crippen LogP) is 5.56. The number of anilines is 1. The van der Waals surface area contributed by atoms with Gasteiger partial charge in [0.1, 0.15) is 11.4 Å². The van der Waals surface area contributed by atoms with Crippen molar-refractivity contribution in [2.45, 2.75) is 90.8 Å². The summed E-state index contributed by atoms with van der Waals surface area (Å²) in [6.07, 6.45) is 8.64. The molecule has 0 N–H and O–H groups in total.